The smallest absolute Gasteiger partial charge is 0.141 e. The van der Waals surface area contributed by atoms with Crippen LogP contribution in [0.4, 0.5) is 25.8 Å². The molecule has 0 aliphatic heterocycles. The zero-order chi connectivity index (χ0) is 21.1. The number of nitrogens with one attached hydrogen (secondary N) is 2. The predicted molar refractivity (Wildman–Crippen MR) is 115 cm³/mol. The fraction of sp³-hybridized carbons (Fsp3) is 0.0435. The Morgan fingerprint density at radius 3 is 2.60 bits per heavy atom. The average molecular weight is 421 g/mol. The zero-order valence-corrected chi connectivity index (χ0v) is 16.3. The maximum Gasteiger partial charge on any atom is 0.141 e. The Hall–Kier alpha value is -3.69. The van der Waals surface area contributed by atoms with Crippen molar-refractivity contribution in [3.63, 3.8) is 0 Å². The minimum atomic E-state index is -0.522. The van der Waals surface area contributed by atoms with Crippen molar-refractivity contribution in [3.05, 3.63) is 94.6 Å². The Morgan fingerprint density at radius 2 is 1.83 bits per heavy atom. The molecule has 0 bridgehead atoms. The first-order chi connectivity index (χ1) is 14.5. The molecule has 7 heteroatoms. The second-order valence-electron chi connectivity index (χ2n) is 6.63. The summed E-state index contributed by atoms with van der Waals surface area (Å²) in [4.78, 5) is 4.33. The molecule has 1 aromatic heterocycles. The Bertz CT molecular complexity index is 1280. The van der Waals surface area contributed by atoms with Crippen molar-refractivity contribution >= 4 is 39.6 Å². The number of nitrogens with zero attached hydrogens (tertiary/aromatic N) is 2. The van der Waals surface area contributed by atoms with Crippen LogP contribution >= 0.6 is 11.6 Å². The molecule has 30 heavy (non-hydrogen) atoms. The Labute approximate surface area is 176 Å². The van der Waals surface area contributed by atoms with Gasteiger partial charge in [-0.2, -0.15) is 5.26 Å². The molecule has 0 aliphatic rings. The van der Waals surface area contributed by atoms with Crippen LogP contribution in [0.3, 0.4) is 0 Å². The highest BCUT2D eigenvalue weighted by molar-refractivity contribution is 6.31. The Kier molecular flexibility index (Phi) is 5.46. The van der Waals surface area contributed by atoms with Gasteiger partial charge in [0.25, 0.3) is 0 Å². The number of benzene rings is 3. The monoisotopic (exact) mass is 420 g/mol. The third-order valence-electron chi connectivity index (χ3n) is 4.56. The highest BCUT2D eigenvalue weighted by Gasteiger charge is 2.11. The molecule has 2 N–H and O–H groups in total. The number of nitriles is 1. The molecule has 4 rings (SSSR count). The van der Waals surface area contributed by atoms with Gasteiger partial charge in [0.2, 0.25) is 0 Å². The summed E-state index contributed by atoms with van der Waals surface area (Å²) in [6, 6.07) is 18.3. The quantitative estimate of drug-likeness (QED) is 0.392. The fourth-order valence-corrected chi connectivity index (χ4v) is 3.27. The van der Waals surface area contributed by atoms with Crippen molar-refractivity contribution in [3.8, 4) is 6.07 Å². The lowest BCUT2D eigenvalue weighted by atomic mass is 10.1. The van der Waals surface area contributed by atoms with Gasteiger partial charge in [0, 0.05) is 29.5 Å². The third-order valence-corrected chi connectivity index (χ3v) is 4.85. The molecule has 1 heterocycles. The minimum absolute atomic E-state index is 0.0191. The number of anilines is 3. The zero-order valence-electron chi connectivity index (χ0n) is 15.6. The van der Waals surface area contributed by atoms with Crippen LogP contribution in [0.5, 0.6) is 0 Å². The van der Waals surface area contributed by atoms with Crippen LogP contribution in [-0.4, -0.2) is 4.98 Å². The maximum absolute atomic E-state index is 13.5. The summed E-state index contributed by atoms with van der Waals surface area (Å²) in [5, 5.41) is 16.6. The van der Waals surface area contributed by atoms with Gasteiger partial charge in [-0.3, -0.25) is 4.98 Å². The van der Waals surface area contributed by atoms with E-state index < -0.39 is 5.82 Å². The van der Waals surface area contributed by atoms with Crippen LogP contribution in [0.15, 0.2) is 66.9 Å². The SMILES string of the molecule is N#Cc1cnc2ccc(NCc3cccc(F)c3)cc2c1Nc1ccc(F)c(Cl)c1. The second kappa shape index (κ2) is 8.36. The number of fused-ring (bicyclic) bond motifs is 1. The van der Waals surface area contributed by atoms with Crippen molar-refractivity contribution in [2.75, 3.05) is 10.6 Å². The summed E-state index contributed by atoms with van der Waals surface area (Å²) in [5.74, 6) is -0.814. The molecule has 0 radical (unpaired) electrons. The van der Waals surface area contributed by atoms with Crippen molar-refractivity contribution in [1.82, 2.24) is 4.98 Å². The summed E-state index contributed by atoms with van der Waals surface area (Å²) in [6.45, 7) is 0.435. The lowest BCUT2D eigenvalue weighted by Gasteiger charge is -2.14. The van der Waals surface area contributed by atoms with Crippen molar-refractivity contribution in [2.24, 2.45) is 0 Å². The average Bonchev–Trinajstić information content (AvgIpc) is 2.75. The van der Waals surface area contributed by atoms with Gasteiger partial charge in [-0.25, -0.2) is 8.78 Å². The van der Waals surface area contributed by atoms with E-state index in [9.17, 15) is 14.0 Å². The first kappa shape index (κ1) is 19.6. The summed E-state index contributed by atoms with van der Waals surface area (Å²) in [7, 11) is 0. The van der Waals surface area contributed by atoms with Gasteiger partial charge in [-0.1, -0.05) is 23.7 Å². The number of rotatable bonds is 5. The lowest BCUT2D eigenvalue weighted by molar-refractivity contribution is 0.626. The summed E-state index contributed by atoms with van der Waals surface area (Å²) < 4.78 is 26.9. The van der Waals surface area contributed by atoms with Crippen LogP contribution in [0.1, 0.15) is 11.1 Å². The number of hydrogen-bond acceptors (Lipinski definition) is 4. The van der Waals surface area contributed by atoms with Gasteiger partial charge in [-0.15, -0.1) is 0 Å². The van der Waals surface area contributed by atoms with Crippen LogP contribution in [0.2, 0.25) is 5.02 Å². The molecule has 0 saturated heterocycles. The molecule has 3 aromatic carbocycles. The Morgan fingerprint density at radius 1 is 1.00 bits per heavy atom. The molecule has 0 amide bonds. The maximum atomic E-state index is 13.5. The largest absolute Gasteiger partial charge is 0.381 e. The molecular weight excluding hydrogens is 406 g/mol. The molecule has 4 aromatic rings. The van der Waals surface area contributed by atoms with Gasteiger partial charge >= 0.3 is 0 Å². The molecule has 0 aliphatic carbocycles. The standard InChI is InChI=1S/C23H15ClF2N4/c24-20-10-18(4-6-21(20)26)30-23-15(11-27)13-29-22-7-5-17(9-19(22)23)28-12-14-2-1-3-16(25)8-14/h1-10,13,28H,12H2,(H,29,30). The first-order valence-electron chi connectivity index (χ1n) is 9.07. The Balaban J connectivity index is 1.69. The van der Waals surface area contributed by atoms with E-state index in [2.05, 4.69) is 21.7 Å². The highest BCUT2D eigenvalue weighted by Crippen LogP contribution is 2.32. The van der Waals surface area contributed by atoms with Crippen LogP contribution in [0, 0.1) is 23.0 Å². The second-order valence-corrected chi connectivity index (χ2v) is 7.04. The van der Waals surface area contributed by atoms with Crippen molar-refractivity contribution in [1.29, 1.82) is 5.26 Å². The van der Waals surface area contributed by atoms with E-state index in [0.717, 1.165) is 11.3 Å². The van der Waals surface area contributed by atoms with Crippen LogP contribution in [0.25, 0.3) is 10.9 Å². The summed E-state index contributed by atoms with van der Waals surface area (Å²) in [6.07, 6.45) is 1.48. The number of aromatic nitrogens is 1. The molecular formula is C23H15ClF2N4. The summed E-state index contributed by atoms with van der Waals surface area (Å²) >= 11 is 5.88. The number of pyridine rings is 1. The van der Waals surface area contributed by atoms with Crippen molar-refractivity contribution < 1.29 is 8.78 Å². The molecule has 0 atom stereocenters. The van der Waals surface area contributed by atoms with Crippen LogP contribution in [-0.2, 0) is 6.54 Å². The van der Waals surface area contributed by atoms with E-state index in [1.807, 2.05) is 24.3 Å². The van der Waals surface area contributed by atoms with E-state index in [1.54, 1.807) is 12.1 Å². The van der Waals surface area contributed by atoms with Gasteiger partial charge in [0.15, 0.2) is 0 Å². The summed E-state index contributed by atoms with van der Waals surface area (Å²) in [5.41, 5.74) is 3.69. The van der Waals surface area contributed by atoms with Gasteiger partial charge in [0.05, 0.1) is 21.8 Å². The molecule has 0 spiro atoms. The molecule has 148 valence electrons. The van der Waals surface area contributed by atoms with Crippen LogP contribution < -0.4 is 10.6 Å². The van der Waals surface area contributed by atoms with E-state index in [1.165, 1.54) is 30.5 Å². The van der Waals surface area contributed by atoms with Gasteiger partial charge < -0.3 is 10.6 Å². The molecule has 0 saturated carbocycles. The van der Waals surface area contributed by atoms with Gasteiger partial charge in [0.1, 0.15) is 17.7 Å². The number of halogens is 3. The molecule has 0 fully saturated rings. The molecule has 4 nitrogen and oxygen atoms in total. The lowest BCUT2D eigenvalue weighted by Crippen LogP contribution is -2.01. The highest BCUT2D eigenvalue weighted by atomic mass is 35.5. The van der Waals surface area contributed by atoms with Crippen molar-refractivity contribution in [2.45, 2.75) is 6.54 Å². The minimum Gasteiger partial charge on any atom is -0.381 e. The van der Waals surface area contributed by atoms with Gasteiger partial charge in [-0.05, 0) is 54.1 Å². The molecule has 0 unspecified atom stereocenters. The third kappa shape index (κ3) is 4.17. The van der Waals surface area contributed by atoms with E-state index in [0.29, 0.717) is 34.4 Å². The van der Waals surface area contributed by atoms with E-state index in [4.69, 9.17) is 11.6 Å². The topological polar surface area (TPSA) is 60.7 Å². The number of hydrogen-bond donors (Lipinski definition) is 2. The predicted octanol–water partition coefficient (Wildman–Crippen LogP) is 6.39. The normalized spacial score (nSPS) is 10.6. The first-order valence-corrected chi connectivity index (χ1v) is 9.44. The fourth-order valence-electron chi connectivity index (χ4n) is 3.09. The van der Waals surface area contributed by atoms with E-state index in [-0.39, 0.29) is 10.8 Å². The van der Waals surface area contributed by atoms with E-state index >= 15 is 0 Å².